The predicted octanol–water partition coefficient (Wildman–Crippen LogP) is 3.32. The van der Waals surface area contributed by atoms with Crippen molar-refractivity contribution in [2.75, 3.05) is 26.2 Å². The lowest BCUT2D eigenvalue weighted by atomic mass is 9.85. The Labute approximate surface area is 168 Å². The van der Waals surface area contributed by atoms with Gasteiger partial charge in [-0.1, -0.05) is 37.5 Å². The standard InChI is InChI=1S/C19H31N3O2.HI/c1-2-20-18(22-16-19(23)12-7-4-8-13-19)21-14-9-15-24-17-10-5-3-6-11-17;/h3,5-6,10-11,23H,2,4,7-9,12-16H2,1H3,(H2,20,21,22);1H. The number of rotatable bonds is 8. The molecule has 1 saturated carbocycles. The second-order valence-corrected chi connectivity index (χ2v) is 6.42. The first kappa shape index (κ1) is 22.0. The molecule has 0 bridgehead atoms. The molecule has 1 aliphatic rings. The van der Waals surface area contributed by atoms with Crippen LogP contribution in [0.15, 0.2) is 35.3 Å². The fourth-order valence-corrected chi connectivity index (χ4v) is 2.92. The number of hydrogen-bond donors (Lipinski definition) is 3. The van der Waals surface area contributed by atoms with Crippen LogP contribution in [0.4, 0.5) is 0 Å². The number of nitrogens with one attached hydrogen (secondary N) is 2. The number of ether oxygens (including phenoxy) is 1. The Bertz CT molecular complexity index is 491. The molecular formula is C19H32IN3O2. The minimum Gasteiger partial charge on any atom is -0.494 e. The Morgan fingerprint density at radius 3 is 2.56 bits per heavy atom. The minimum absolute atomic E-state index is 0. The summed E-state index contributed by atoms with van der Waals surface area (Å²) in [4.78, 5) is 4.57. The van der Waals surface area contributed by atoms with Gasteiger partial charge in [0.15, 0.2) is 5.96 Å². The molecule has 6 heteroatoms. The van der Waals surface area contributed by atoms with Crippen LogP contribution in [0.25, 0.3) is 0 Å². The molecule has 2 rings (SSSR count). The van der Waals surface area contributed by atoms with E-state index in [9.17, 15) is 5.11 Å². The van der Waals surface area contributed by atoms with Gasteiger partial charge in [-0.15, -0.1) is 24.0 Å². The molecule has 0 aromatic heterocycles. The van der Waals surface area contributed by atoms with E-state index in [1.165, 1.54) is 6.42 Å². The fraction of sp³-hybridized carbons (Fsp3) is 0.632. The summed E-state index contributed by atoms with van der Waals surface area (Å²) in [6.07, 6.45) is 6.05. The van der Waals surface area contributed by atoms with Crippen LogP contribution in [0.1, 0.15) is 45.4 Å². The third kappa shape index (κ3) is 8.76. The number of aliphatic imine (C=N–C) groups is 1. The molecule has 0 amide bonds. The maximum absolute atomic E-state index is 10.5. The smallest absolute Gasteiger partial charge is 0.191 e. The van der Waals surface area contributed by atoms with Crippen molar-refractivity contribution in [1.29, 1.82) is 0 Å². The second kappa shape index (κ2) is 12.4. The van der Waals surface area contributed by atoms with E-state index in [-0.39, 0.29) is 24.0 Å². The first-order valence-electron chi connectivity index (χ1n) is 9.14. The molecule has 1 aliphatic carbocycles. The molecule has 142 valence electrons. The zero-order valence-electron chi connectivity index (χ0n) is 15.2. The highest BCUT2D eigenvalue weighted by atomic mass is 127. The quantitative estimate of drug-likeness (QED) is 0.241. The largest absolute Gasteiger partial charge is 0.494 e. The molecule has 3 N–H and O–H groups in total. The summed E-state index contributed by atoms with van der Waals surface area (Å²) in [6.45, 7) is 4.79. The highest BCUT2D eigenvalue weighted by molar-refractivity contribution is 14.0. The van der Waals surface area contributed by atoms with E-state index < -0.39 is 5.60 Å². The minimum atomic E-state index is -0.614. The summed E-state index contributed by atoms with van der Waals surface area (Å²) < 4.78 is 5.68. The monoisotopic (exact) mass is 461 g/mol. The normalized spacial score (nSPS) is 16.6. The van der Waals surface area contributed by atoms with Crippen LogP contribution >= 0.6 is 24.0 Å². The third-order valence-electron chi connectivity index (χ3n) is 4.29. The van der Waals surface area contributed by atoms with E-state index in [1.54, 1.807) is 0 Å². The van der Waals surface area contributed by atoms with Crippen molar-refractivity contribution in [2.45, 2.75) is 51.0 Å². The van der Waals surface area contributed by atoms with E-state index in [4.69, 9.17) is 4.74 Å². The zero-order valence-corrected chi connectivity index (χ0v) is 17.5. The van der Waals surface area contributed by atoms with E-state index >= 15 is 0 Å². The summed E-state index contributed by atoms with van der Waals surface area (Å²) in [5.74, 6) is 1.67. The van der Waals surface area contributed by atoms with Crippen LogP contribution in [0.3, 0.4) is 0 Å². The summed E-state index contributed by atoms with van der Waals surface area (Å²) in [6, 6.07) is 9.85. The summed E-state index contributed by atoms with van der Waals surface area (Å²) in [5.41, 5.74) is -0.614. The second-order valence-electron chi connectivity index (χ2n) is 6.42. The molecule has 0 radical (unpaired) electrons. The summed E-state index contributed by atoms with van der Waals surface area (Å²) >= 11 is 0. The van der Waals surface area contributed by atoms with E-state index in [0.29, 0.717) is 13.2 Å². The molecule has 0 atom stereocenters. The van der Waals surface area contributed by atoms with Crippen molar-refractivity contribution in [2.24, 2.45) is 4.99 Å². The third-order valence-corrected chi connectivity index (χ3v) is 4.29. The molecule has 0 aliphatic heterocycles. The maximum atomic E-state index is 10.5. The van der Waals surface area contributed by atoms with Gasteiger partial charge in [0.05, 0.1) is 18.8 Å². The molecule has 25 heavy (non-hydrogen) atoms. The maximum Gasteiger partial charge on any atom is 0.191 e. The van der Waals surface area contributed by atoms with E-state index in [0.717, 1.165) is 56.9 Å². The van der Waals surface area contributed by atoms with Gasteiger partial charge in [-0.2, -0.15) is 0 Å². The van der Waals surface area contributed by atoms with Crippen molar-refractivity contribution in [3.8, 4) is 5.75 Å². The molecule has 1 aromatic carbocycles. The molecule has 1 aromatic rings. The number of hydrogen-bond acceptors (Lipinski definition) is 3. The van der Waals surface area contributed by atoms with Gasteiger partial charge in [0.25, 0.3) is 0 Å². The van der Waals surface area contributed by atoms with Gasteiger partial charge in [-0.3, -0.25) is 4.99 Å². The predicted molar refractivity (Wildman–Crippen MR) is 114 cm³/mol. The van der Waals surface area contributed by atoms with Crippen molar-refractivity contribution < 1.29 is 9.84 Å². The van der Waals surface area contributed by atoms with Gasteiger partial charge in [0.1, 0.15) is 5.75 Å². The van der Waals surface area contributed by atoms with E-state index in [2.05, 4.69) is 15.6 Å². The number of benzene rings is 1. The highest BCUT2D eigenvalue weighted by Gasteiger charge is 2.28. The van der Waals surface area contributed by atoms with Crippen LogP contribution in [0.5, 0.6) is 5.75 Å². The number of guanidine groups is 1. The summed E-state index contributed by atoms with van der Waals surface area (Å²) in [7, 11) is 0. The summed E-state index contributed by atoms with van der Waals surface area (Å²) in [5, 5.41) is 17.1. The molecule has 0 spiro atoms. The van der Waals surface area contributed by atoms with Crippen molar-refractivity contribution in [1.82, 2.24) is 10.6 Å². The van der Waals surface area contributed by atoms with Crippen LogP contribution in [0, 0.1) is 0 Å². The Kier molecular flexibility index (Phi) is 10.9. The Morgan fingerprint density at radius 1 is 1.16 bits per heavy atom. The molecular weight excluding hydrogens is 429 g/mol. The van der Waals surface area contributed by atoms with Gasteiger partial charge in [-0.05, 0) is 38.3 Å². The lowest BCUT2D eigenvalue weighted by molar-refractivity contribution is 0.0131. The first-order valence-corrected chi connectivity index (χ1v) is 9.14. The van der Waals surface area contributed by atoms with Crippen LogP contribution in [-0.2, 0) is 0 Å². The lowest BCUT2D eigenvalue weighted by Gasteiger charge is -2.30. The number of aliphatic hydroxyl groups is 1. The van der Waals surface area contributed by atoms with Crippen molar-refractivity contribution in [3.63, 3.8) is 0 Å². The van der Waals surface area contributed by atoms with Gasteiger partial charge < -0.3 is 20.5 Å². The Hall–Kier alpha value is -1.02. The van der Waals surface area contributed by atoms with Gasteiger partial charge in [0, 0.05) is 13.1 Å². The zero-order chi connectivity index (χ0) is 17.1. The SMILES string of the molecule is CCNC(=NCC1(O)CCCCC1)NCCCOc1ccccc1.I. The number of para-hydroxylation sites is 1. The number of nitrogens with zero attached hydrogens (tertiary/aromatic N) is 1. The highest BCUT2D eigenvalue weighted by Crippen LogP contribution is 2.28. The molecule has 0 saturated heterocycles. The average molecular weight is 461 g/mol. The van der Waals surface area contributed by atoms with Crippen LogP contribution < -0.4 is 15.4 Å². The molecule has 0 unspecified atom stereocenters. The first-order chi connectivity index (χ1) is 11.7. The van der Waals surface area contributed by atoms with Gasteiger partial charge >= 0.3 is 0 Å². The van der Waals surface area contributed by atoms with Crippen LogP contribution in [0.2, 0.25) is 0 Å². The van der Waals surface area contributed by atoms with Gasteiger partial charge in [0.2, 0.25) is 0 Å². The molecule has 5 nitrogen and oxygen atoms in total. The Morgan fingerprint density at radius 2 is 1.88 bits per heavy atom. The average Bonchev–Trinajstić information content (AvgIpc) is 2.61. The van der Waals surface area contributed by atoms with Gasteiger partial charge in [-0.25, -0.2) is 0 Å². The molecule has 0 heterocycles. The number of halogens is 1. The topological polar surface area (TPSA) is 65.9 Å². The fourth-order valence-electron chi connectivity index (χ4n) is 2.92. The lowest BCUT2D eigenvalue weighted by Crippen LogP contribution is -2.41. The molecule has 1 fully saturated rings. The Balaban J connectivity index is 0.00000312. The van der Waals surface area contributed by atoms with Crippen molar-refractivity contribution in [3.05, 3.63) is 30.3 Å². The van der Waals surface area contributed by atoms with Crippen molar-refractivity contribution >= 4 is 29.9 Å². The van der Waals surface area contributed by atoms with E-state index in [1.807, 2.05) is 37.3 Å². The van der Waals surface area contributed by atoms with Crippen LogP contribution in [-0.4, -0.2) is 42.9 Å².